The zero-order valence-corrected chi connectivity index (χ0v) is 64.5. The number of amides is 12. The second kappa shape index (κ2) is 36.4. The van der Waals surface area contributed by atoms with Crippen LogP contribution in [0.5, 0.6) is 0 Å². The minimum atomic E-state index is -1.59. The molecule has 0 aromatic carbocycles. The monoisotopic (exact) mass is 1440 g/mol. The van der Waals surface area contributed by atoms with Crippen LogP contribution >= 0.6 is 23.2 Å². The number of fused-ring (bicyclic) bond motifs is 3. The molecule has 12 amide bonds. The van der Waals surface area contributed by atoms with E-state index in [0.29, 0.717) is 50.9 Å². The Labute approximate surface area is 604 Å². The second-order valence-electron chi connectivity index (χ2n) is 31.0. The highest BCUT2D eigenvalue weighted by Gasteiger charge is 2.59. The maximum Gasteiger partial charge on any atom is 0.248 e. The van der Waals surface area contributed by atoms with E-state index in [1.54, 1.807) is 13.8 Å². The topological polar surface area (TPSA) is 279 Å². The van der Waals surface area contributed by atoms with E-state index in [1.165, 1.54) is 103 Å². The highest BCUT2D eigenvalue weighted by atomic mass is 35.5. The number of nitrogens with zero attached hydrogens (tertiary/aromatic N) is 9. The molecule has 3 N–H and O–H groups in total. The van der Waals surface area contributed by atoms with Gasteiger partial charge in [-0.15, -0.1) is 23.2 Å². The van der Waals surface area contributed by atoms with Crippen LogP contribution in [0.4, 0.5) is 0 Å². The summed E-state index contributed by atoms with van der Waals surface area (Å²) in [5, 5.41) is 8.40. The fourth-order valence-electron chi connectivity index (χ4n) is 16.1. The van der Waals surface area contributed by atoms with Crippen molar-refractivity contribution in [3.8, 4) is 0 Å². The molecule has 100 heavy (non-hydrogen) atoms. The Morgan fingerprint density at radius 2 is 1.29 bits per heavy atom. The number of ether oxygens (including phenoxy) is 1. The standard InChI is InChI=1S/C73H120Cl2N12O13/c1-18-45(6)61-69(97)81(13)41-60(90)83(15)54-25-23-22-24-34-86(68(54)96)57(36-48-28-26-44(5)27-29-48)67(95)80(12)40-58(88)76-53(33-31-47-30-32-51(74)52(75)35-47)65(93)87-39-50(100-21-4)37-55(87)64(92)78-73(42-72(8,9)43-73)71(99)85(17)62(49(19-2)20-3)70(98)84(16)56(66(94)79(10)11)38-59(89)82(14)46(7)63(91)77-61/h22-23,44-57,61-62H,18-21,24-43H2,1-17H3,(H,76,88)(H,77,91)(H,78,92)/b23-22-/t44?,45-,46-,47?,48?,50+,51?,52?,53-,54-,55-,56-,57-,61-,62-/m0/s1. The van der Waals surface area contributed by atoms with E-state index in [2.05, 4.69) is 22.9 Å². The van der Waals surface area contributed by atoms with Crippen LogP contribution < -0.4 is 16.0 Å². The maximum absolute atomic E-state index is 15.7. The smallest absolute Gasteiger partial charge is 0.248 e. The first-order chi connectivity index (χ1) is 47.0. The first kappa shape index (κ1) is 82.9. The van der Waals surface area contributed by atoms with Gasteiger partial charge in [-0.1, -0.05) is 106 Å². The molecular weight excluding hydrogens is 1320 g/mol. The van der Waals surface area contributed by atoms with Crippen LogP contribution in [-0.2, 0) is 62.3 Å². The summed E-state index contributed by atoms with van der Waals surface area (Å²) in [6.07, 6.45) is 10.9. The number of alkyl halides is 2. The van der Waals surface area contributed by atoms with E-state index in [9.17, 15) is 28.8 Å². The molecule has 0 radical (unpaired) electrons. The van der Waals surface area contributed by atoms with Crippen LogP contribution in [0.3, 0.4) is 0 Å². The molecule has 6 rings (SSSR count). The lowest BCUT2D eigenvalue weighted by Crippen LogP contribution is -2.71. The van der Waals surface area contributed by atoms with Crippen LogP contribution in [0.2, 0.25) is 0 Å². The molecule has 3 heterocycles. The van der Waals surface area contributed by atoms with Crippen molar-refractivity contribution in [2.45, 2.75) is 255 Å². The van der Waals surface area contributed by atoms with E-state index >= 15 is 28.8 Å². The normalized spacial score (nSPS) is 32.0. The van der Waals surface area contributed by atoms with E-state index in [4.69, 9.17) is 27.9 Å². The zero-order valence-electron chi connectivity index (χ0n) is 63.0. The predicted octanol–water partition coefficient (Wildman–Crippen LogP) is 5.41. The third-order valence-electron chi connectivity index (χ3n) is 22.8. The summed E-state index contributed by atoms with van der Waals surface area (Å²) < 4.78 is 6.15. The zero-order chi connectivity index (χ0) is 74.6. The molecule has 2 saturated heterocycles. The van der Waals surface area contributed by atoms with Crippen LogP contribution in [0.25, 0.3) is 0 Å². The highest BCUT2D eigenvalue weighted by Crippen LogP contribution is 2.50. The van der Waals surface area contributed by atoms with Gasteiger partial charge in [0.05, 0.1) is 31.0 Å². The molecular formula is C73H120Cl2N12O13. The molecule has 2 bridgehead atoms. The summed E-state index contributed by atoms with van der Waals surface area (Å²) in [6.45, 7) is 16.1. The van der Waals surface area contributed by atoms with Crippen molar-refractivity contribution in [3.63, 3.8) is 0 Å². The lowest BCUT2D eigenvalue weighted by atomic mass is 9.58. The van der Waals surface area contributed by atoms with E-state index < -0.39 is 168 Å². The number of carbonyl (C=O) groups is 12. The number of likely N-dealkylation sites (N-methyl/N-ethyl adjacent to an activating group) is 7. The molecule has 0 aromatic rings. The summed E-state index contributed by atoms with van der Waals surface area (Å²) in [5.74, 6) is -7.73. The second-order valence-corrected chi connectivity index (χ2v) is 32.1. The van der Waals surface area contributed by atoms with Crippen molar-refractivity contribution in [1.82, 2.24) is 60.0 Å². The molecule has 25 nitrogen and oxygen atoms in total. The van der Waals surface area contributed by atoms with Gasteiger partial charge in [-0.05, 0) is 113 Å². The molecule has 3 saturated carbocycles. The SMILES string of the molecule is CCO[C@@H]1C[C@H]2C(=O)NC3(CC(C)(C)C3)C(=O)N(C)[C@@H](C(CC)CC)C(=O)N(C)[C@H](C(=O)N(C)C)CC(=O)N(C)[C@@H](C)C(=O)N[C@@H]([C@@H](C)CC)C(=O)N(C)CC(=O)N(C)[C@H]3C/C=C\CCN(C3=O)[C@@H](CC3CCC(C)CC3)C(=O)N(C)CC(=O)N[C@@H](CCC3CCC(Cl)C(Cl)C3)C(=O)N2C1. The van der Waals surface area contributed by atoms with Gasteiger partial charge >= 0.3 is 0 Å². The highest BCUT2D eigenvalue weighted by molar-refractivity contribution is 6.30. The molecule has 5 fully saturated rings. The average molecular weight is 1440 g/mol. The lowest BCUT2D eigenvalue weighted by Gasteiger charge is -2.54. The molecule has 13 atom stereocenters. The predicted molar refractivity (Wildman–Crippen MR) is 383 cm³/mol. The molecule has 1 spiro atoms. The summed E-state index contributed by atoms with van der Waals surface area (Å²) in [6, 6.07) is -9.68. The number of halogens is 2. The van der Waals surface area contributed by atoms with Crippen molar-refractivity contribution in [3.05, 3.63) is 12.2 Å². The van der Waals surface area contributed by atoms with Crippen molar-refractivity contribution in [2.24, 2.45) is 35.0 Å². The van der Waals surface area contributed by atoms with Crippen molar-refractivity contribution in [2.75, 3.05) is 89.2 Å². The van der Waals surface area contributed by atoms with E-state index in [0.717, 1.165) is 37.0 Å². The molecule has 6 aliphatic rings. The Morgan fingerprint density at radius 1 is 0.660 bits per heavy atom. The minimum Gasteiger partial charge on any atom is -0.377 e. The van der Waals surface area contributed by atoms with Gasteiger partial charge in [0.2, 0.25) is 70.9 Å². The third-order valence-corrected chi connectivity index (χ3v) is 23.9. The molecule has 3 unspecified atom stereocenters. The van der Waals surface area contributed by atoms with Crippen LogP contribution in [0.15, 0.2) is 12.2 Å². The quantitative estimate of drug-likeness (QED) is 0.154. The number of rotatable bonds is 13. The fourth-order valence-corrected chi connectivity index (χ4v) is 16.7. The van der Waals surface area contributed by atoms with E-state index in [-0.39, 0.29) is 80.8 Å². The summed E-state index contributed by atoms with van der Waals surface area (Å²) >= 11 is 13.3. The van der Waals surface area contributed by atoms with Gasteiger partial charge in [0.15, 0.2) is 0 Å². The largest absolute Gasteiger partial charge is 0.377 e. The third kappa shape index (κ3) is 20.2. The van der Waals surface area contributed by atoms with Crippen LogP contribution in [0, 0.1) is 35.0 Å². The fraction of sp³-hybridized carbons (Fsp3) is 0.808. The molecule has 0 aromatic heterocycles. The van der Waals surface area contributed by atoms with Crippen molar-refractivity contribution < 1.29 is 62.3 Å². The minimum absolute atomic E-state index is 0.0339. The van der Waals surface area contributed by atoms with Gasteiger partial charge in [-0.25, -0.2) is 0 Å². The number of nitrogens with one attached hydrogen (secondary N) is 3. The van der Waals surface area contributed by atoms with Gasteiger partial charge in [0.25, 0.3) is 0 Å². The molecule has 564 valence electrons. The summed E-state index contributed by atoms with van der Waals surface area (Å²) in [4.78, 5) is 192. The van der Waals surface area contributed by atoms with Gasteiger partial charge < -0.3 is 64.8 Å². The van der Waals surface area contributed by atoms with Crippen LogP contribution in [0.1, 0.15) is 184 Å². The maximum atomic E-state index is 15.7. The Morgan fingerprint density at radius 3 is 1.88 bits per heavy atom. The number of hydrogen-bond donors (Lipinski definition) is 3. The summed E-state index contributed by atoms with van der Waals surface area (Å²) in [7, 11) is 11.6. The number of carbonyl (C=O) groups excluding carboxylic acids is 12. The Bertz CT molecular complexity index is 2950. The Kier molecular flexibility index (Phi) is 30.1. The first-order valence-electron chi connectivity index (χ1n) is 36.8. The molecule has 27 heteroatoms. The molecule has 3 aliphatic carbocycles. The van der Waals surface area contributed by atoms with Crippen molar-refractivity contribution in [1.29, 1.82) is 0 Å². The Balaban J connectivity index is 1.46. The van der Waals surface area contributed by atoms with Gasteiger partial charge in [-0.3, -0.25) is 57.5 Å². The molecule has 3 aliphatic heterocycles. The Hall–Kier alpha value is -6.08. The van der Waals surface area contributed by atoms with Gasteiger partial charge in [0.1, 0.15) is 53.9 Å². The van der Waals surface area contributed by atoms with Crippen molar-refractivity contribution >= 4 is 94.1 Å². The summed E-state index contributed by atoms with van der Waals surface area (Å²) in [5.41, 5.74) is -2.06. The lowest BCUT2D eigenvalue weighted by molar-refractivity contribution is -0.161. The first-order valence-corrected chi connectivity index (χ1v) is 37.7. The van der Waals surface area contributed by atoms with Gasteiger partial charge in [-0.2, -0.15) is 0 Å². The average Bonchev–Trinajstić information content (AvgIpc) is 0.907. The van der Waals surface area contributed by atoms with Gasteiger partial charge in [0, 0.05) is 87.9 Å². The number of hydrogen-bond acceptors (Lipinski definition) is 13. The van der Waals surface area contributed by atoms with E-state index in [1.807, 2.05) is 46.8 Å². The van der Waals surface area contributed by atoms with Crippen LogP contribution in [-0.4, -0.2) is 275 Å².